The summed E-state index contributed by atoms with van der Waals surface area (Å²) in [5.41, 5.74) is 1.20. The van der Waals surface area contributed by atoms with Gasteiger partial charge in [-0.1, -0.05) is 31.2 Å². The second-order valence-electron chi connectivity index (χ2n) is 3.38. The molecule has 0 aliphatic rings. The lowest BCUT2D eigenvalue weighted by molar-refractivity contribution is 0.415. The van der Waals surface area contributed by atoms with Crippen molar-refractivity contribution in [3.8, 4) is 5.75 Å². The molecule has 0 saturated carbocycles. The Balaban J connectivity index is 2.36. The molecule has 2 heteroatoms. The molecule has 1 aromatic carbocycles. The van der Waals surface area contributed by atoms with Crippen molar-refractivity contribution in [2.75, 3.05) is 20.2 Å². The predicted octanol–water partition coefficient (Wildman–Crippen LogP) is 2.71. The van der Waals surface area contributed by atoms with Crippen molar-refractivity contribution in [1.29, 1.82) is 0 Å². The molecule has 0 bridgehead atoms. The zero-order valence-corrected chi connectivity index (χ0v) is 9.49. The van der Waals surface area contributed by atoms with Gasteiger partial charge < -0.3 is 10.1 Å². The van der Waals surface area contributed by atoms with Crippen molar-refractivity contribution in [2.24, 2.45) is 0 Å². The van der Waals surface area contributed by atoms with Gasteiger partial charge in [0.05, 0.1) is 7.11 Å². The summed E-state index contributed by atoms with van der Waals surface area (Å²) in [6.45, 7) is 4.17. The maximum atomic E-state index is 5.09. The highest BCUT2D eigenvalue weighted by molar-refractivity contribution is 5.50. The van der Waals surface area contributed by atoms with E-state index in [0.29, 0.717) is 0 Å². The number of rotatable bonds is 6. The van der Waals surface area contributed by atoms with E-state index in [1.807, 2.05) is 12.1 Å². The lowest BCUT2D eigenvalue weighted by atomic mass is 10.2. The zero-order chi connectivity index (χ0) is 10.9. The van der Waals surface area contributed by atoms with E-state index in [9.17, 15) is 0 Å². The van der Waals surface area contributed by atoms with Crippen LogP contribution in [0.2, 0.25) is 0 Å². The normalized spacial score (nSPS) is 10.8. The van der Waals surface area contributed by atoms with Crippen LogP contribution in [0.3, 0.4) is 0 Å². The molecule has 0 spiro atoms. The number of methoxy groups -OCH3 is 1. The molecule has 0 aromatic heterocycles. The van der Waals surface area contributed by atoms with Gasteiger partial charge >= 0.3 is 0 Å². The molecular formula is C13H19NO. The Morgan fingerprint density at radius 2 is 2.00 bits per heavy atom. The van der Waals surface area contributed by atoms with Gasteiger partial charge in [0.25, 0.3) is 0 Å². The lowest BCUT2D eigenvalue weighted by Gasteiger charge is -1.99. The first kappa shape index (κ1) is 11.8. The number of nitrogens with one attached hydrogen (secondary N) is 1. The van der Waals surface area contributed by atoms with Crippen LogP contribution in [0, 0.1) is 0 Å². The van der Waals surface area contributed by atoms with Gasteiger partial charge in [-0.3, -0.25) is 0 Å². The zero-order valence-electron chi connectivity index (χ0n) is 9.49. The molecule has 0 radical (unpaired) electrons. The first-order valence-electron chi connectivity index (χ1n) is 5.38. The average molecular weight is 205 g/mol. The summed E-state index contributed by atoms with van der Waals surface area (Å²) in [6, 6.07) is 8.04. The molecule has 1 rings (SSSR count). The van der Waals surface area contributed by atoms with E-state index in [2.05, 4.69) is 36.5 Å². The van der Waals surface area contributed by atoms with Gasteiger partial charge in [0.2, 0.25) is 0 Å². The molecule has 15 heavy (non-hydrogen) atoms. The summed E-state index contributed by atoms with van der Waals surface area (Å²) in [5.74, 6) is 0.899. The molecule has 0 atom stereocenters. The molecule has 0 unspecified atom stereocenters. The Morgan fingerprint density at radius 1 is 1.27 bits per heavy atom. The lowest BCUT2D eigenvalue weighted by Crippen LogP contribution is -2.13. The molecule has 82 valence electrons. The SMILES string of the molecule is CCCNC/C=C/c1ccc(OC)cc1. The highest BCUT2D eigenvalue weighted by Crippen LogP contribution is 2.11. The summed E-state index contributed by atoms with van der Waals surface area (Å²) in [7, 11) is 1.68. The Bertz CT molecular complexity index is 290. The molecule has 0 aliphatic carbocycles. The number of ether oxygens (including phenoxy) is 1. The third-order valence-electron chi connectivity index (χ3n) is 2.12. The van der Waals surface area contributed by atoms with Crippen LogP contribution >= 0.6 is 0 Å². The summed E-state index contributed by atoms with van der Waals surface area (Å²) in [4.78, 5) is 0. The van der Waals surface area contributed by atoms with Crippen LogP contribution in [0.5, 0.6) is 5.75 Å². The van der Waals surface area contributed by atoms with Crippen LogP contribution in [0.15, 0.2) is 30.3 Å². The van der Waals surface area contributed by atoms with Crippen LogP contribution in [-0.2, 0) is 0 Å². The molecule has 0 fully saturated rings. The van der Waals surface area contributed by atoms with Gasteiger partial charge in [-0.15, -0.1) is 0 Å². The van der Waals surface area contributed by atoms with Gasteiger partial charge in [0.15, 0.2) is 0 Å². The van der Waals surface area contributed by atoms with Gasteiger partial charge in [-0.2, -0.15) is 0 Å². The van der Waals surface area contributed by atoms with Crippen molar-refractivity contribution >= 4 is 6.08 Å². The van der Waals surface area contributed by atoms with E-state index in [4.69, 9.17) is 4.74 Å². The monoisotopic (exact) mass is 205 g/mol. The van der Waals surface area contributed by atoms with E-state index in [1.165, 1.54) is 12.0 Å². The third-order valence-corrected chi connectivity index (χ3v) is 2.12. The van der Waals surface area contributed by atoms with E-state index in [1.54, 1.807) is 7.11 Å². The minimum absolute atomic E-state index is 0.899. The van der Waals surface area contributed by atoms with Crippen molar-refractivity contribution < 1.29 is 4.74 Å². The molecule has 0 amide bonds. The third kappa shape index (κ3) is 4.66. The number of hydrogen-bond acceptors (Lipinski definition) is 2. The van der Waals surface area contributed by atoms with E-state index < -0.39 is 0 Å². The van der Waals surface area contributed by atoms with Crippen molar-refractivity contribution in [3.63, 3.8) is 0 Å². The van der Waals surface area contributed by atoms with Crippen LogP contribution in [0.4, 0.5) is 0 Å². The van der Waals surface area contributed by atoms with Crippen LogP contribution in [-0.4, -0.2) is 20.2 Å². The van der Waals surface area contributed by atoms with Crippen molar-refractivity contribution in [2.45, 2.75) is 13.3 Å². The van der Waals surface area contributed by atoms with Crippen molar-refractivity contribution in [3.05, 3.63) is 35.9 Å². The van der Waals surface area contributed by atoms with Crippen LogP contribution in [0.1, 0.15) is 18.9 Å². The molecule has 0 aliphatic heterocycles. The topological polar surface area (TPSA) is 21.3 Å². The molecule has 1 N–H and O–H groups in total. The second-order valence-corrected chi connectivity index (χ2v) is 3.38. The smallest absolute Gasteiger partial charge is 0.118 e. The Kier molecular flexibility index (Phi) is 5.56. The van der Waals surface area contributed by atoms with Gasteiger partial charge in [0.1, 0.15) is 5.75 Å². The van der Waals surface area contributed by atoms with Gasteiger partial charge in [-0.05, 0) is 30.7 Å². The van der Waals surface area contributed by atoms with Gasteiger partial charge in [-0.25, -0.2) is 0 Å². The minimum atomic E-state index is 0.899. The second kappa shape index (κ2) is 7.07. The number of benzene rings is 1. The van der Waals surface area contributed by atoms with E-state index >= 15 is 0 Å². The maximum absolute atomic E-state index is 5.09. The molecule has 0 saturated heterocycles. The average Bonchev–Trinajstić information content (AvgIpc) is 2.30. The highest BCUT2D eigenvalue weighted by atomic mass is 16.5. The first-order chi connectivity index (χ1) is 7.36. The minimum Gasteiger partial charge on any atom is -0.497 e. The highest BCUT2D eigenvalue weighted by Gasteiger charge is 1.89. The van der Waals surface area contributed by atoms with E-state index in [0.717, 1.165) is 18.8 Å². The summed E-state index contributed by atoms with van der Waals surface area (Å²) in [5, 5.41) is 3.32. The molecule has 1 aromatic rings. The largest absolute Gasteiger partial charge is 0.497 e. The fourth-order valence-corrected chi connectivity index (χ4v) is 1.27. The maximum Gasteiger partial charge on any atom is 0.118 e. The van der Waals surface area contributed by atoms with Gasteiger partial charge in [0, 0.05) is 6.54 Å². The van der Waals surface area contributed by atoms with Crippen molar-refractivity contribution in [1.82, 2.24) is 5.32 Å². The van der Waals surface area contributed by atoms with Crippen LogP contribution in [0.25, 0.3) is 6.08 Å². The standard InChI is InChI=1S/C13H19NO/c1-3-10-14-11-4-5-12-6-8-13(15-2)9-7-12/h4-9,14H,3,10-11H2,1-2H3/b5-4+. The van der Waals surface area contributed by atoms with Crippen LogP contribution < -0.4 is 10.1 Å². The summed E-state index contributed by atoms with van der Waals surface area (Å²) < 4.78 is 5.09. The molecule has 2 nitrogen and oxygen atoms in total. The Morgan fingerprint density at radius 3 is 2.60 bits per heavy atom. The Labute approximate surface area is 92.0 Å². The Hall–Kier alpha value is -1.28. The quantitative estimate of drug-likeness (QED) is 0.721. The number of hydrogen-bond donors (Lipinski definition) is 1. The predicted molar refractivity (Wildman–Crippen MR) is 65.2 cm³/mol. The molecular weight excluding hydrogens is 186 g/mol. The first-order valence-corrected chi connectivity index (χ1v) is 5.38. The summed E-state index contributed by atoms with van der Waals surface area (Å²) >= 11 is 0. The fourth-order valence-electron chi connectivity index (χ4n) is 1.27. The summed E-state index contributed by atoms with van der Waals surface area (Å²) in [6.07, 6.45) is 5.43. The molecule has 0 heterocycles. The fraction of sp³-hybridized carbons (Fsp3) is 0.385. The van der Waals surface area contributed by atoms with E-state index in [-0.39, 0.29) is 0 Å².